The number of hydrogen-bond acceptors (Lipinski definition) is 4. The van der Waals surface area contributed by atoms with Crippen molar-refractivity contribution in [3.8, 4) is 0 Å². The first-order chi connectivity index (χ1) is 8.69. The van der Waals surface area contributed by atoms with Crippen LogP contribution in [0.4, 0.5) is 0 Å². The van der Waals surface area contributed by atoms with Crippen molar-refractivity contribution in [2.45, 2.75) is 55.0 Å². The number of hydrogen-bond donors (Lipinski definition) is 1. The molecule has 1 N–H and O–H groups in total. The highest BCUT2D eigenvalue weighted by Crippen LogP contribution is 2.39. The smallest absolute Gasteiger partial charge is 0.309 e. The second-order valence-corrected chi connectivity index (χ2v) is 7.13. The van der Waals surface area contributed by atoms with E-state index in [2.05, 4.69) is 11.9 Å². The molecule has 0 bridgehead atoms. The van der Waals surface area contributed by atoms with Crippen LogP contribution in [0.1, 0.15) is 44.7 Å². The van der Waals surface area contributed by atoms with E-state index < -0.39 is 5.97 Å². The van der Waals surface area contributed by atoms with Gasteiger partial charge in [0.25, 0.3) is 0 Å². The number of nitrogens with zero attached hydrogens (tertiary/aromatic N) is 1. The quantitative estimate of drug-likeness (QED) is 0.893. The van der Waals surface area contributed by atoms with E-state index >= 15 is 0 Å². The van der Waals surface area contributed by atoms with E-state index in [-0.39, 0.29) is 6.42 Å². The molecule has 0 spiro atoms. The first kappa shape index (κ1) is 13.9. The number of thioether (sulfide) groups is 1. The van der Waals surface area contributed by atoms with Crippen LogP contribution >= 0.6 is 23.1 Å². The zero-order valence-corrected chi connectivity index (χ0v) is 12.2. The van der Waals surface area contributed by atoms with E-state index in [9.17, 15) is 4.79 Å². The number of carboxylic acid groups (broad SMARTS) is 1. The summed E-state index contributed by atoms with van der Waals surface area (Å²) in [6.45, 7) is 2.27. The average Bonchev–Trinajstić information content (AvgIpc) is 2.76. The number of carbonyl (C=O) groups is 1. The minimum atomic E-state index is -0.805. The lowest BCUT2D eigenvalue weighted by atomic mass is 9.87. The van der Waals surface area contributed by atoms with Gasteiger partial charge in [0.05, 0.1) is 12.1 Å². The van der Waals surface area contributed by atoms with E-state index in [1.807, 2.05) is 17.1 Å². The average molecular weight is 285 g/mol. The third kappa shape index (κ3) is 3.72. The molecule has 2 unspecified atom stereocenters. The molecule has 1 saturated carbocycles. The Morgan fingerprint density at radius 1 is 1.56 bits per heavy atom. The largest absolute Gasteiger partial charge is 0.481 e. The molecule has 2 atom stereocenters. The topological polar surface area (TPSA) is 50.2 Å². The lowest BCUT2D eigenvalue weighted by Gasteiger charge is -2.29. The van der Waals surface area contributed by atoms with Gasteiger partial charge in [0.2, 0.25) is 0 Å². The van der Waals surface area contributed by atoms with Gasteiger partial charge in [0, 0.05) is 10.6 Å². The first-order valence-electron chi connectivity index (χ1n) is 6.52. The molecule has 1 aliphatic carbocycles. The molecule has 0 aromatic carbocycles. The predicted octanol–water partition coefficient (Wildman–Crippen LogP) is 3.83. The predicted molar refractivity (Wildman–Crippen MR) is 75.3 cm³/mol. The van der Waals surface area contributed by atoms with E-state index in [1.54, 1.807) is 11.3 Å². The van der Waals surface area contributed by atoms with Crippen LogP contribution in [0.15, 0.2) is 9.72 Å². The van der Waals surface area contributed by atoms with Crippen molar-refractivity contribution in [3.63, 3.8) is 0 Å². The molecule has 18 heavy (non-hydrogen) atoms. The minimum absolute atomic E-state index is 0.0406. The van der Waals surface area contributed by atoms with Crippen molar-refractivity contribution >= 4 is 29.1 Å². The molecule has 100 valence electrons. The Labute approximate surface area is 116 Å². The molecule has 5 heteroatoms. The maximum absolute atomic E-state index is 10.6. The van der Waals surface area contributed by atoms with Crippen molar-refractivity contribution in [1.82, 2.24) is 4.98 Å². The highest BCUT2D eigenvalue weighted by molar-refractivity contribution is 8.01. The van der Waals surface area contributed by atoms with Gasteiger partial charge in [-0.05, 0) is 18.8 Å². The van der Waals surface area contributed by atoms with Gasteiger partial charge >= 0.3 is 5.97 Å². The van der Waals surface area contributed by atoms with E-state index in [0.29, 0.717) is 10.9 Å². The summed E-state index contributed by atoms with van der Waals surface area (Å²) in [6.07, 6.45) is 6.57. The van der Waals surface area contributed by atoms with E-state index in [1.165, 1.54) is 32.1 Å². The number of aliphatic carboxylic acids is 1. The molecule has 1 aromatic rings. The number of aromatic nitrogens is 1. The summed E-state index contributed by atoms with van der Waals surface area (Å²) in [7, 11) is 0. The fraction of sp³-hybridized carbons (Fsp3) is 0.692. The molecule has 1 heterocycles. The Bertz CT molecular complexity index is 405. The normalized spacial score (nSPS) is 24.1. The molecular formula is C13H19NO2S2. The number of rotatable bonds is 5. The number of thiazole rings is 1. The molecule has 0 aliphatic heterocycles. The van der Waals surface area contributed by atoms with Crippen LogP contribution in [0.25, 0.3) is 0 Å². The van der Waals surface area contributed by atoms with Gasteiger partial charge in [0.1, 0.15) is 4.34 Å². The van der Waals surface area contributed by atoms with Gasteiger partial charge in [-0.15, -0.1) is 11.3 Å². The van der Waals surface area contributed by atoms with Gasteiger partial charge < -0.3 is 5.11 Å². The van der Waals surface area contributed by atoms with Gasteiger partial charge in [-0.2, -0.15) is 0 Å². The highest BCUT2D eigenvalue weighted by Gasteiger charge is 2.25. The van der Waals surface area contributed by atoms with Crippen molar-refractivity contribution in [3.05, 3.63) is 11.1 Å². The SMILES string of the molecule is CCC1CCCCC1Sc1nc(CC(=O)O)cs1. The van der Waals surface area contributed by atoms with Crippen LogP contribution in [-0.2, 0) is 11.2 Å². The number of carboxylic acids is 1. The lowest BCUT2D eigenvalue weighted by Crippen LogP contribution is -2.20. The summed E-state index contributed by atoms with van der Waals surface area (Å²) in [5.74, 6) is -0.00322. The van der Waals surface area contributed by atoms with Crippen molar-refractivity contribution in [2.24, 2.45) is 5.92 Å². The zero-order chi connectivity index (χ0) is 13.0. The second kappa shape index (κ2) is 6.57. The molecule has 1 fully saturated rings. The van der Waals surface area contributed by atoms with Gasteiger partial charge in [-0.1, -0.05) is 37.9 Å². The van der Waals surface area contributed by atoms with Crippen LogP contribution in [0.5, 0.6) is 0 Å². The Morgan fingerprint density at radius 2 is 2.33 bits per heavy atom. The standard InChI is InChI=1S/C13H19NO2S2/c1-2-9-5-3-4-6-11(9)18-13-14-10(8-17-13)7-12(15)16/h8-9,11H,2-7H2,1H3,(H,15,16). The Balaban J connectivity index is 1.95. The van der Waals surface area contributed by atoms with Crippen LogP contribution in [0, 0.1) is 5.92 Å². The van der Waals surface area contributed by atoms with E-state index in [4.69, 9.17) is 5.11 Å². The van der Waals surface area contributed by atoms with Crippen LogP contribution < -0.4 is 0 Å². The fourth-order valence-electron chi connectivity index (χ4n) is 2.50. The summed E-state index contributed by atoms with van der Waals surface area (Å²) in [4.78, 5) is 15.0. The van der Waals surface area contributed by atoms with Gasteiger partial charge in [0.15, 0.2) is 0 Å². The third-order valence-corrected chi connectivity index (χ3v) is 5.96. The second-order valence-electron chi connectivity index (χ2n) is 4.78. The Kier molecular flexibility index (Phi) is 5.06. The maximum Gasteiger partial charge on any atom is 0.309 e. The molecule has 3 nitrogen and oxygen atoms in total. The summed E-state index contributed by atoms with van der Waals surface area (Å²) in [6, 6.07) is 0. The summed E-state index contributed by atoms with van der Waals surface area (Å²) in [5, 5.41) is 11.3. The Hall–Kier alpha value is -0.550. The molecule has 2 rings (SSSR count). The molecule has 1 aromatic heterocycles. The van der Waals surface area contributed by atoms with Crippen molar-refractivity contribution < 1.29 is 9.90 Å². The lowest BCUT2D eigenvalue weighted by molar-refractivity contribution is -0.136. The van der Waals surface area contributed by atoms with E-state index in [0.717, 1.165) is 10.3 Å². The minimum Gasteiger partial charge on any atom is -0.481 e. The molecular weight excluding hydrogens is 266 g/mol. The summed E-state index contributed by atoms with van der Waals surface area (Å²) >= 11 is 3.45. The highest BCUT2D eigenvalue weighted by atomic mass is 32.2. The zero-order valence-electron chi connectivity index (χ0n) is 10.6. The Morgan fingerprint density at radius 3 is 3.06 bits per heavy atom. The van der Waals surface area contributed by atoms with Crippen LogP contribution in [-0.4, -0.2) is 21.3 Å². The first-order valence-corrected chi connectivity index (χ1v) is 8.27. The van der Waals surface area contributed by atoms with Gasteiger partial charge in [-0.25, -0.2) is 4.98 Å². The van der Waals surface area contributed by atoms with Crippen molar-refractivity contribution in [1.29, 1.82) is 0 Å². The van der Waals surface area contributed by atoms with Crippen LogP contribution in [0.2, 0.25) is 0 Å². The maximum atomic E-state index is 10.6. The molecule has 0 amide bonds. The monoisotopic (exact) mass is 285 g/mol. The van der Waals surface area contributed by atoms with Crippen molar-refractivity contribution in [2.75, 3.05) is 0 Å². The van der Waals surface area contributed by atoms with Gasteiger partial charge in [-0.3, -0.25) is 4.79 Å². The molecule has 1 aliphatic rings. The fourth-order valence-corrected chi connectivity index (χ4v) is 5.02. The third-order valence-electron chi connectivity index (χ3n) is 3.48. The molecule has 0 saturated heterocycles. The van der Waals surface area contributed by atoms with Crippen LogP contribution in [0.3, 0.4) is 0 Å². The summed E-state index contributed by atoms with van der Waals surface area (Å²) < 4.78 is 1.04. The summed E-state index contributed by atoms with van der Waals surface area (Å²) in [5.41, 5.74) is 0.693. The molecule has 0 radical (unpaired) electrons.